The summed E-state index contributed by atoms with van der Waals surface area (Å²) in [6.07, 6.45) is 9.60. The third kappa shape index (κ3) is 2.55. The van der Waals surface area contributed by atoms with Crippen molar-refractivity contribution in [2.45, 2.75) is 7.25 Å². The van der Waals surface area contributed by atoms with Crippen LogP contribution in [0.15, 0.2) is 121 Å². The number of rotatable bonds is 4. The Hall–Kier alpha value is -2.89. The number of hydrogen-bond donors (Lipinski definition) is 0. The normalized spacial score (nSPS) is 19.0. The number of fused-ring (bicyclic) bond motifs is 2. The molecule has 0 nitrogen and oxygen atoms in total. The van der Waals surface area contributed by atoms with Gasteiger partial charge in [-0.1, -0.05) is 0 Å². The summed E-state index contributed by atoms with van der Waals surface area (Å²) in [4.78, 5) is 0. The van der Waals surface area contributed by atoms with E-state index in [1.807, 2.05) is 0 Å². The Balaban J connectivity index is 1.78. The van der Waals surface area contributed by atoms with Gasteiger partial charge in [0.05, 0.1) is 0 Å². The molecule has 2 atom stereocenters. The summed E-state index contributed by atoms with van der Waals surface area (Å²) in [5.41, 5.74) is 5.53. The van der Waals surface area contributed by atoms with Crippen LogP contribution in [0, 0.1) is 0 Å². The molecule has 0 spiro atoms. The van der Waals surface area contributed by atoms with Crippen LogP contribution in [-0.2, 0) is 18.3 Å². The molecule has 0 amide bonds. The van der Waals surface area contributed by atoms with Crippen molar-refractivity contribution in [1.82, 2.24) is 0 Å². The summed E-state index contributed by atoms with van der Waals surface area (Å²) < 4.78 is 8.98. The van der Waals surface area contributed by atoms with Gasteiger partial charge in [0.2, 0.25) is 0 Å². The zero-order valence-corrected chi connectivity index (χ0v) is 20.5. The molecule has 2 unspecified atom stereocenters. The third-order valence-electron chi connectivity index (χ3n) is 7.93. The second-order valence-corrected chi connectivity index (χ2v) is 23.2. The van der Waals surface area contributed by atoms with Gasteiger partial charge in [-0.2, -0.15) is 0 Å². The molecular weight excluding hydrogens is 464 g/mol. The van der Waals surface area contributed by atoms with E-state index in [1.54, 1.807) is 0 Å². The van der Waals surface area contributed by atoms with E-state index in [0.29, 0.717) is 7.25 Å². The minimum atomic E-state index is -4.42. The Bertz CT molecular complexity index is 1310. The van der Waals surface area contributed by atoms with E-state index in [9.17, 15) is 0 Å². The molecule has 2 aliphatic carbocycles. The van der Waals surface area contributed by atoms with Crippen molar-refractivity contribution in [2.75, 3.05) is 0 Å². The average Bonchev–Trinajstić information content (AvgIpc) is 3.50. The van der Waals surface area contributed by atoms with E-state index >= 15 is 0 Å². The zero-order chi connectivity index (χ0) is 21.6. The van der Waals surface area contributed by atoms with Gasteiger partial charge in [-0.3, -0.25) is 0 Å². The Morgan fingerprint density at radius 2 is 0.844 bits per heavy atom. The molecule has 0 fully saturated rings. The average molecular weight is 490 g/mol. The van der Waals surface area contributed by atoms with E-state index in [-0.39, 0.29) is 0 Å². The summed E-state index contributed by atoms with van der Waals surface area (Å²) in [6, 6.07) is 40.3. The van der Waals surface area contributed by atoms with Crippen molar-refractivity contribution in [2.24, 2.45) is 0 Å². The van der Waals surface area contributed by atoms with Gasteiger partial charge in [0.25, 0.3) is 0 Å². The maximum absolute atomic E-state index is 5.51. The first kappa shape index (κ1) is 19.8. The number of hydrogen-bond acceptors (Lipinski definition) is 0. The van der Waals surface area contributed by atoms with Crippen LogP contribution >= 0.6 is 0 Å². The summed E-state index contributed by atoms with van der Waals surface area (Å²) in [6.45, 7) is 0. The van der Waals surface area contributed by atoms with Crippen molar-refractivity contribution < 1.29 is 18.3 Å². The van der Waals surface area contributed by atoms with E-state index < -0.39 is 18.3 Å². The van der Waals surface area contributed by atoms with Gasteiger partial charge >= 0.3 is 192 Å². The van der Waals surface area contributed by atoms with Crippen LogP contribution in [-0.4, -0.2) is 4.21 Å². The molecule has 0 aliphatic heterocycles. The Labute approximate surface area is 191 Å². The molecule has 154 valence electrons. The summed E-state index contributed by atoms with van der Waals surface area (Å²) in [5, 5.41) is 0. The molecule has 4 aromatic carbocycles. The van der Waals surface area contributed by atoms with Crippen molar-refractivity contribution in [3.05, 3.63) is 144 Å². The molecule has 0 saturated heterocycles. The standard InChI is InChI=1S/2C9H7.2C6H5.CH2.Zr/c2*1-2-5-9-7-3-6-8(9)4-1;2*1-2-4-6-5-3-1;;/h2*1-7H;2*1-5H;1H2;. The monoisotopic (exact) mass is 488 g/mol. The molecule has 32 heavy (non-hydrogen) atoms. The first-order valence-corrected chi connectivity index (χ1v) is 18.4. The molecule has 0 radical (unpaired) electrons. The van der Waals surface area contributed by atoms with E-state index in [0.717, 1.165) is 0 Å². The van der Waals surface area contributed by atoms with E-state index in [1.165, 1.54) is 28.8 Å². The predicted molar refractivity (Wildman–Crippen MR) is 136 cm³/mol. The van der Waals surface area contributed by atoms with Gasteiger partial charge in [-0.15, -0.1) is 0 Å². The van der Waals surface area contributed by atoms with Crippen molar-refractivity contribution in [1.29, 1.82) is 0 Å². The fourth-order valence-electron chi connectivity index (χ4n) is 6.39. The SMILES string of the molecule is [CH2]=[Zr]([c]1ccccc1)([c]1ccccc1)([CH]1C=Cc2ccccc21)[CH]1C=Cc2ccccc21. The molecule has 4 aromatic rings. The second-order valence-electron chi connectivity index (χ2n) is 9.29. The quantitative estimate of drug-likeness (QED) is 0.316. The van der Waals surface area contributed by atoms with Gasteiger partial charge < -0.3 is 0 Å². The Morgan fingerprint density at radius 3 is 1.28 bits per heavy atom. The topological polar surface area (TPSA) is 0 Å². The fourth-order valence-corrected chi connectivity index (χ4v) is 23.9. The molecule has 0 aromatic heterocycles. The fraction of sp³-hybridized carbons (Fsp3) is 0.0645. The molecule has 1 heteroatoms. The van der Waals surface area contributed by atoms with Gasteiger partial charge in [0.1, 0.15) is 0 Å². The van der Waals surface area contributed by atoms with Gasteiger partial charge in [-0.25, -0.2) is 0 Å². The summed E-state index contributed by atoms with van der Waals surface area (Å²) in [5.74, 6) is 0. The molecule has 0 saturated carbocycles. The van der Waals surface area contributed by atoms with Gasteiger partial charge in [-0.05, 0) is 0 Å². The van der Waals surface area contributed by atoms with Crippen LogP contribution in [0.3, 0.4) is 0 Å². The first-order valence-electron chi connectivity index (χ1n) is 11.4. The van der Waals surface area contributed by atoms with Gasteiger partial charge in [0.15, 0.2) is 0 Å². The Morgan fingerprint density at radius 1 is 0.469 bits per heavy atom. The van der Waals surface area contributed by atoms with Crippen LogP contribution in [0.25, 0.3) is 12.2 Å². The molecule has 6 rings (SSSR count). The number of benzene rings is 4. The van der Waals surface area contributed by atoms with Crippen LogP contribution in [0.5, 0.6) is 0 Å². The zero-order valence-electron chi connectivity index (χ0n) is 18.1. The number of allylic oxidation sites excluding steroid dienone is 2. The second kappa shape index (κ2) is 7.33. The maximum atomic E-state index is 5.51. The van der Waals surface area contributed by atoms with Crippen LogP contribution in [0.2, 0.25) is 0 Å². The molecular formula is C31H26Zr. The minimum absolute atomic E-state index is 0.290. The molecule has 0 bridgehead atoms. The third-order valence-corrected chi connectivity index (χ3v) is 25.7. The van der Waals surface area contributed by atoms with Crippen LogP contribution in [0.1, 0.15) is 29.5 Å². The van der Waals surface area contributed by atoms with Crippen LogP contribution < -0.4 is 6.54 Å². The molecule has 0 N–H and O–H groups in total. The summed E-state index contributed by atoms with van der Waals surface area (Å²) >= 11 is -4.42. The Kier molecular flexibility index (Phi) is 4.53. The summed E-state index contributed by atoms with van der Waals surface area (Å²) in [7, 11) is 0. The van der Waals surface area contributed by atoms with Crippen molar-refractivity contribution >= 4 is 22.9 Å². The van der Waals surface area contributed by atoms with Crippen molar-refractivity contribution in [3.63, 3.8) is 0 Å². The molecule has 2 aliphatic rings. The van der Waals surface area contributed by atoms with Crippen LogP contribution in [0.4, 0.5) is 0 Å². The first-order chi connectivity index (χ1) is 15.7. The van der Waals surface area contributed by atoms with E-state index in [2.05, 4.69) is 133 Å². The predicted octanol–water partition coefficient (Wildman–Crippen LogP) is 6.30. The van der Waals surface area contributed by atoms with E-state index in [4.69, 9.17) is 4.21 Å². The van der Waals surface area contributed by atoms with Crippen molar-refractivity contribution in [3.8, 4) is 0 Å². The molecule has 0 heterocycles. The van der Waals surface area contributed by atoms with Gasteiger partial charge in [0, 0.05) is 0 Å².